The number of hydrogen-bond acceptors (Lipinski definition) is 4. The largest absolute Gasteiger partial charge is 0.214 e. The van der Waals surface area contributed by atoms with E-state index in [0.717, 1.165) is 18.1 Å². The summed E-state index contributed by atoms with van der Waals surface area (Å²) in [6.07, 6.45) is 2.76. The Morgan fingerprint density at radius 2 is 1.60 bits per heavy atom. The van der Waals surface area contributed by atoms with Gasteiger partial charge in [0.2, 0.25) is 20.0 Å². The van der Waals surface area contributed by atoms with Crippen molar-refractivity contribution in [2.75, 3.05) is 32.1 Å². The first kappa shape index (κ1) is 17.1. The van der Waals surface area contributed by atoms with Crippen LogP contribution in [-0.4, -0.2) is 53.3 Å². The van der Waals surface area contributed by atoms with E-state index in [1.807, 2.05) is 30.3 Å². The van der Waals surface area contributed by atoms with Gasteiger partial charge in [0, 0.05) is 19.6 Å². The minimum atomic E-state index is -3.35. The highest BCUT2D eigenvalue weighted by Gasteiger charge is 2.16. The molecule has 20 heavy (non-hydrogen) atoms. The van der Waals surface area contributed by atoms with E-state index < -0.39 is 20.0 Å². The maximum absolute atomic E-state index is 11.7. The molecule has 0 heterocycles. The predicted molar refractivity (Wildman–Crippen MR) is 79.4 cm³/mol. The highest BCUT2D eigenvalue weighted by atomic mass is 32.2. The van der Waals surface area contributed by atoms with Crippen molar-refractivity contribution in [3.8, 4) is 0 Å². The molecule has 0 bridgehead atoms. The summed E-state index contributed by atoms with van der Waals surface area (Å²) < 4.78 is 48.8. The van der Waals surface area contributed by atoms with Crippen LogP contribution in [0.15, 0.2) is 30.3 Å². The lowest BCUT2D eigenvalue weighted by Gasteiger charge is -2.19. The standard InChI is InChI=1S/C12H20N2O4S2/c1-19(15,16)13-9-11-14(20(2,17)18)10-8-12-6-4-3-5-7-12/h3-7,13H,8-11H2,1-2H3. The SMILES string of the molecule is CS(=O)(=O)NCCN(CCc1ccccc1)S(C)(=O)=O. The average Bonchev–Trinajstić information content (AvgIpc) is 2.32. The fourth-order valence-electron chi connectivity index (χ4n) is 1.70. The minimum absolute atomic E-state index is 0.0701. The van der Waals surface area contributed by atoms with Gasteiger partial charge in [-0.15, -0.1) is 0 Å². The first-order valence-corrected chi connectivity index (χ1v) is 9.86. The number of hydrogen-bond donors (Lipinski definition) is 1. The van der Waals surface area contributed by atoms with Gasteiger partial charge in [0.15, 0.2) is 0 Å². The second-order valence-electron chi connectivity index (χ2n) is 4.56. The van der Waals surface area contributed by atoms with Crippen molar-refractivity contribution in [3.05, 3.63) is 35.9 Å². The van der Waals surface area contributed by atoms with Gasteiger partial charge in [0.05, 0.1) is 12.5 Å². The first-order valence-electron chi connectivity index (χ1n) is 6.12. The third-order valence-electron chi connectivity index (χ3n) is 2.69. The topological polar surface area (TPSA) is 83.6 Å². The van der Waals surface area contributed by atoms with Crippen molar-refractivity contribution in [2.45, 2.75) is 6.42 Å². The molecule has 0 aliphatic carbocycles. The van der Waals surface area contributed by atoms with E-state index in [2.05, 4.69) is 4.72 Å². The molecule has 8 heteroatoms. The van der Waals surface area contributed by atoms with E-state index in [0.29, 0.717) is 13.0 Å². The van der Waals surface area contributed by atoms with E-state index >= 15 is 0 Å². The Bertz CT molecular complexity index is 612. The van der Waals surface area contributed by atoms with Crippen LogP contribution in [-0.2, 0) is 26.5 Å². The molecule has 0 aliphatic heterocycles. The molecule has 0 radical (unpaired) electrons. The summed E-state index contributed by atoms with van der Waals surface area (Å²) in [6.45, 7) is 0.522. The third kappa shape index (κ3) is 6.99. The van der Waals surface area contributed by atoms with Gasteiger partial charge in [-0.25, -0.2) is 25.9 Å². The van der Waals surface area contributed by atoms with Crippen LogP contribution in [0.1, 0.15) is 5.56 Å². The molecule has 0 atom stereocenters. The van der Waals surface area contributed by atoms with Crippen LogP contribution in [0, 0.1) is 0 Å². The highest BCUT2D eigenvalue weighted by Crippen LogP contribution is 2.04. The fourth-order valence-corrected chi connectivity index (χ4v) is 3.01. The second kappa shape index (κ2) is 7.16. The molecule has 0 aliphatic rings. The number of nitrogens with zero attached hydrogens (tertiary/aromatic N) is 1. The molecule has 1 aromatic carbocycles. The smallest absolute Gasteiger partial charge is 0.211 e. The number of nitrogens with one attached hydrogen (secondary N) is 1. The van der Waals surface area contributed by atoms with Gasteiger partial charge in [0.25, 0.3) is 0 Å². The number of benzene rings is 1. The summed E-state index contributed by atoms with van der Waals surface area (Å²) in [4.78, 5) is 0. The summed E-state index contributed by atoms with van der Waals surface area (Å²) in [5.41, 5.74) is 1.04. The summed E-state index contributed by atoms with van der Waals surface area (Å²) >= 11 is 0. The van der Waals surface area contributed by atoms with E-state index in [9.17, 15) is 16.8 Å². The normalized spacial score (nSPS) is 12.8. The fraction of sp³-hybridized carbons (Fsp3) is 0.500. The summed E-state index contributed by atoms with van der Waals surface area (Å²) in [5, 5.41) is 0. The average molecular weight is 320 g/mol. The van der Waals surface area contributed by atoms with Gasteiger partial charge in [-0.3, -0.25) is 0 Å². The lowest BCUT2D eigenvalue weighted by molar-refractivity contribution is 0.420. The van der Waals surface area contributed by atoms with Crippen LogP contribution in [0.2, 0.25) is 0 Å². The zero-order valence-electron chi connectivity index (χ0n) is 11.6. The minimum Gasteiger partial charge on any atom is -0.214 e. The molecule has 0 spiro atoms. The van der Waals surface area contributed by atoms with Crippen LogP contribution >= 0.6 is 0 Å². The molecule has 0 amide bonds. The molecule has 0 saturated heterocycles. The van der Waals surface area contributed by atoms with Gasteiger partial charge in [-0.05, 0) is 12.0 Å². The maximum atomic E-state index is 11.7. The zero-order chi connectivity index (χ0) is 15.2. The van der Waals surface area contributed by atoms with Crippen LogP contribution in [0.5, 0.6) is 0 Å². The van der Waals surface area contributed by atoms with Crippen LogP contribution in [0.4, 0.5) is 0 Å². The molecule has 0 fully saturated rings. The molecule has 0 saturated carbocycles. The Kier molecular flexibility index (Phi) is 6.12. The Hall–Kier alpha value is -0.960. The Morgan fingerprint density at radius 3 is 2.10 bits per heavy atom. The van der Waals surface area contributed by atoms with Gasteiger partial charge in [-0.2, -0.15) is 0 Å². The van der Waals surface area contributed by atoms with E-state index in [4.69, 9.17) is 0 Å². The number of sulfonamides is 2. The number of rotatable bonds is 8. The van der Waals surface area contributed by atoms with Crippen LogP contribution in [0.3, 0.4) is 0 Å². The van der Waals surface area contributed by atoms with Crippen molar-refractivity contribution >= 4 is 20.0 Å². The van der Waals surface area contributed by atoms with Gasteiger partial charge in [-0.1, -0.05) is 30.3 Å². The van der Waals surface area contributed by atoms with E-state index in [1.165, 1.54) is 4.31 Å². The van der Waals surface area contributed by atoms with Gasteiger partial charge in [0.1, 0.15) is 0 Å². The summed E-state index contributed by atoms with van der Waals surface area (Å²) in [5.74, 6) is 0. The Balaban J connectivity index is 2.58. The first-order chi connectivity index (χ1) is 9.18. The van der Waals surface area contributed by atoms with Crippen LogP contribution < -0.4 is 4.72 Å². The molecular weight excluding hydrogens is 300 g/mol. The zero-order valence-corrected chi connectivity index (χ0v) is 13.2. The summed E-state index contributed by atoms with van der Waals surface area (Å²) in [7, 11) is -6.66. The maximum Gasteiger partial charge on any atom is 0.211 e. The highest BCUT2D eigenvalue weighted by molar-refractivity contribution is 7.88. The van der Waals surface area contributed by atoms with Crippen molar-refractivity contribution in [3.63, 3.8) is 0 Å². The van der Waals surface area contributed by atoms with Gasteiger partial charge >= 0.3 is 0 Å². The molecule has 1 aromatic rings. The second-order valence-corrected chi connectivity index (χ2v) is 8.38. The van der Waals surface area contributed by atoms with Crippen molar-refractivity contribution < 1.29 is 16.8 Å². The summed E-state index contributed by atoms with van der Waals surface area (Å²) in [6, 6.07) is 9.54. The Morgan fingerprint density at radius 1 is 1.00 bits per heavy atom. The molecular formula is C12H20N2O4S2. The quantitative estimate of drug-likeness (QED) is 0.733. The monoisotopic (exact) mass is 320 g/mol. The molecule has 114 valence electrons. The third-order valence-corrected chi connectivity index (χ3v) is 4.72. The van der Waals surface area contributed by atoms with Crippen molar-refractivity contribution in [1.82, 2.24) is 9.03 Å². The molecule has 1 rings (SSSR count). The molecule has 1 N–H and O–H groups in total. The van der Waals surface area contributed by atoms with Gasteiger partial charge < -0.3 is 0 Å². The van der Waals surface area contributed by atoms with Crippen molar-refractivity contribution in [2.24, 2.45) is 0 Å². The molecule has 0 aromatic heterocycles. The van der Waals surface area contributed by atoms with E-state index in [1.54, 1.807) is 0 Å². The lowest BCUT2D eigenvalue weighted by atomic mass is 10.1. The Labute approximate surface area is 120 Å². The van der Waals surface area contributed by atoms with Crippen molar-refractivity contribution in [1.29, 1.82) is 0 Å². The lowest BCUT2D eigenvalue weighted by Crippen LogP contribution is -2.38. The van der Waals surface area contributed by atoms with Crippen LogP contribution in [0.25, 0.3) is 0 Å². The molecule has 6 nitrogen and oxygen atoms in total. The predicted octanol–water partition coefficient (Wildman–Crippen LogP) is 0.0399. The molecule has 0 unspecified atom stereocenters. The van der Waals surface area contributed by atoms with E-state index in [-0.39, 0.29) is 13.1 Å².